The molecule has 0 saturated carbocycles. The van der Waals surface area contributed by atoms with Crippen LogP contribution in [-0.2, 0) is 4.79 Å². The van der Waals surface area contributed by atoms with Crippen LogP contribution in [0.25, 0.3) is 0 Å². The van der Waals surface area contributed by atoms with Crippen LogP contribution in [0.5, 0.6) is 0 Å². The Morgan fingerprint density at radius 2 is 2.12 bits per heavy atom. The fourth-order valence-corrected chi connectivity index (χ4v) is 2.17. The van der Waals surface area contributed by atoms with E-state index in [0.717, 1.165) is 17.6 Å². The number of rotatable bonds is 3. The molecule has 1 unspecified atom stereocenters. The molecule has 0 radical (unpaired) electrons. The Kier molecular flexibility index (Phi) is 3.90. The van der Waals surface area contributed by atoms with Crippen molar-refractivity contribution in [3.05, 3.63) is 35.5 Å². The zero-order chi connectivity index (χ0) is 12.3. The van der Waals surface area contributed by atoms with Gasteiger partial charge in [0.15, 0.2) is 5.78 Å². The summed E-state index contributed by atoms with van der Waals surface area (Å²) >= 11 is 0. The molecule has 1 aliphatic carbocycles. The van der Waals surface area contributed by atoms with Crippen LogP contribution in [0.3, 0.4) is 0 Å². The summed E-state index contributed by atoms with van der Waals surface area (Å²) in [6.07, 6.45) is 8.82. The quantitative estimate of drug-likeness (QED) is 0.653. The van der Waals surface area contributed by atoms with E-state index < -0.39 is 0 Å². The third kappa shape index (κ3) is 2.34. The van der Waals surface area contributed by atoms with Crippen LogP contribution in [0.2, 0.25) is 0 Å². The van der Waals surface area contributed by atoms with Gasteiger partial charge in [0.2, 0.25) is 0 Å². The molecule has 1 nitrogen and oxygen atoms in total. The van der Waals surface area contributed by atoms with E-state index in [4.69, 9.17) is 0 Å². The summed E-state index contributed by atoms with van der Waals surface area (Å²) in [6, 6.07) is 0. The molecule has 0 heterocycles. The van der Waals surface area contributed by atoms with Gasteiger partial charge in [-0.05, 0) is 36.3 Å². The molecule has 0 saturated heterocycles. The summed E-state index contributed by atoms with van der Waals surface area (Å²) < 4.78 is 0. The van der Waals surface area contributed by atoms with E-state index in [1.165, 1.54) is 0 Å². The first-order valence-electron chi connectivity index (χ1n) is 6.01. The van der Waals surface area contributed by atoms with Gasteiger partial charge in [-0.25, -0.2) is 0 Å². The molecule has 1 atom stereocenters. The molecular formula is C15H22O. The van der Waals surface area contributed by atoms with Crippen molar-refractivity contribution in [2.45, 2.75) is 41.0 Å². The molecule has 0 N–H and O–H groups in total. The number of allylic oxidation sites excluding steroid dienone is 6. The van der Waals surface area contributed by atoms with Gasteiger partial charge in [0.1, 0.15) is 0 Å². The van der Waals surface area contributed by atoms with E-state index in [2.05, 4.69) is 32.9 Å². The molecule has 0 aromatic heterocycles. The molecule has 88 valence electrons. The Balaban J connectivity index is 3.12. The highest BCUT2D eigenvalue weighted by Gasteiger charge is 2.34. The van der Waals surface area contributed by atoms with Gasteiger partial charge in [0.05, 0.1) is 0 Å². The van der Waals surface area contributed by atoms with Crippen molar-refractivity contribution in [2.75, 3.05) is 0 Å². The van der Waals surface area contributed by atoms with E-state index in [1.54, 1.807) is 6.08 Å². The summed E-state index contributed by atoms with van der Waals surface area (Å²) in [7, 11) is 0. The molecule has 0 aromatic carbocycles. The molecule has 1 heteroatoms. The van der Waals surface area contributed by atoms with Crippen LogP contribution in [0.4, 0.5) is 0 Å². The second-order valence-electron chi connectivity index (χ2n) is 5.10. The SMILES string of the molecule is CC/C=C/C(=O)C1=C(C)C=CC(C)C1(C)C. The fourth-order valence-electron chi connectivity index (χ4n) is 2.17. The molecule has 1 rings (SSSR count). The first kappa shape index (κ1) is 13.0. The Labute approximate surface area is 98.9 Å². The van der Waals surface area contributed by atoms with Crippen LogP contribution in [0.1, 0.15) is 41.0 Å². The average molecular weight is 218 g/mol. The third-order valence-corrected chi connectivity index (χ3v) is 3.56. The lowest BCUT2D eigenvalue weighted by Crippen LogP contribution is -2.30. The monoisotopic (exact) mass is 218 g/mol. The van der Waals surface area contributed by atoms with Crippen molar-refractivity contribution in [2.24, 2.45) is 11.3 Å². The highest BCUT2D eigenvalue weighted by molar-refractivity contribution is 6.06. The van der Waals surface area contributed by atoms with Crippen molar-refractivity contribution in [1.82, 2.24) is 0 Å². The van der Waals surface area contributed by atoms with Crippen molar-refractivity contribution in [3.8, 4) is 0 Å². The van der Waals surface area contributed by atoms with Crippen molar-refractivity contribution < 1.29 is 4.79 Å². The van der Waals surface area contributed by atoms with E-state index in [1.807, 2.05) is 19.9 Å². The third-order valence-electron chi connectivity index (χ3n) is 3.56. The summed E-state index contributed by atoms with van der Waals surface area (Å²) in [5, 5.41) is 0. The van der Waals surface area contributed by atoms with E-state index in [0.29, 0.717) is 5.92 Å². The Bertz CT molecular complexity index is 367. The molecular weight excluding hydrogens is 196 g/mol. The van der Waals surface area contributed by atoms with E-state index >= 15 is 0 Å². The number of carbonyl (C=O) groups is 1. The van der Waals surface area contributed by atoms with Crippen molar-refractivity contribution in [3.63, 3.8) is 0 Å². The smallest absolute Gasteiger partial charge is 0.182 e. The molecule has 16 heavy (non-hydrogen) atoms. The minimum Gasteiger partial charge on any atom is -0.290 e. The fraction of sp³-hybridized carbons (Fsp3) is 0.533. The maximum atomic E-state index is 12.2. The predicted molar refractivity (Wildman–Crippen MR) is 69.2 cm³/mol. The number of hydrogen-bond donors (Lipinski definition) is 0. The van der Waals surface area contributed by atoms with Gasteiger partial charge >= 0.3 is 0 Å². The Hall–Kier alpha value is -1.11. The van der Waals surface area contributed by atoms with Gasteiger partial charge in [-0.15, -0.1) is 0 Å². The minimum atomic E-state index is -0.0615. The molecule has 0 aliphatic heterocycles. The van der Waals surface area contributed by atoms with Gasteiger partial charge in [-0.1, -0.05) is 45.9 Å². The van der Waals surface area contributed by atoms with E-state index in [-0.39, 0.29) is 11.2 Å². The topological polar surface area (TPSA) is 17.1 Å². The lowest BCUT2D eigenvalue weighted by atomic mass is 9.68. The molecule has 0 amide bonds. The molecule has 1 aliphatic rings. The molecule has 0 aromatic rings. The maximum Gasteiger partial charge on any atom is 0.182 e. The van der Waals surface area contributed by atoms with Crippen molar-refractivity contribution >= 4 is 5.78 Å². The second kappa shape index (κ2) is 4.82. The first-order chi connectivity index (χ1) is 7.41. The van der Waals surface area contributed by atoms with Gasteiger partial charge in [0, 0.05) is 5.57 Å². The lowest BCUT2D eigenvalue weighted by Gasteiger charge is -2.35. The van der Waals surface area contributed by atoms with Gasteiger partial charge in [-0.3, -0.25) is 4.79 Å². The minimum absolute atomic E-state index is 0.0615. The highest BCUT2D eigenvalue weighted by atomic mass is 16.1. The van der Waals surface area contributed by atoms with Crippen LogP contribution < -0.4 is 0 Å². The highest BCUT2D eigenvalue weighted by Crippen LogP contribution is 2.41. The van der Waals surface area contributed by atoms with Crippen LogP contribution in [-0.4, -0.2) is 5.78 Å². The van der Waals surface area contributed by atoms with Crippen LogP contribution in [0, 0.1) is 11.3 Å². The first-order valence-corrected chi connectivity index (χ1v) is 6.01. The number of ketones is 1. The normalized spacial score (nSPS) is 24.2. The summed E-state index contributed by atoms with van der Waals surface area (Å²) in [6.45, 7) is 10.5. The van der Waals surface area contributed by atoms with Gasteiger partial charge in [0.25, 0.3) is 0 Å². The zero-order valence-electron chi connectivity index (χ0n) is 11.0. The maximum absolute atomic E-state index is 12.2. The average Bonchev–Trinajstić information content (AvgIpc) is 2.21. The second-order valence-corrected chi connectivity index (χ2v) is 5.10. The Morgan fingerprint density at radius 1 is 1.50 bits per heavy atom. The van der Waals surface area contributed by atoms with Gasteiger partial charge in [-0.2, -0.15) is 0 Å². The summed E-state index contributed by atoms with van der Waals surface area (Å²) in [4.78, 5) is 12.2. The zero-order valence-corrected chi connectivity index (χ0v) is 11.0. The molecule has 0 bridgehead atoms. The predicted octanol–water partition coefficient (Wildman–Crippen LogP) is 4.07. The van der Waals surface area contributed by atoms with Crippen LogP contribution >= 0.6 is 0 Å². The van der Waals surface area contributed by atoms with Gasteiger partial charge < -0.3 is 0 Å². The van der Waals surface area contributed by atoms with Crippen molar-refractivity contribution in [1.29, 1.82) is 0 Å². The summed E-state index contributed by atoms with van der Waals surface area (Å²) in [5.41, 5.74) is 2.01. The summed E-state index contributed by atoms with van der Waals surface area (Å²) in [5.74, 6) is 0.575. The molecule has 0 spiro atoms. The largest absolute Gasteiger partial charge is 0.290 e. The van der Waals surface area contributed by atoms with Crippen LogP contribution in [0.15, 0.2) is 35.5 Å². The number of carbonyl (C=O) groups excluding carboxylic acids is 1. The number of hydrogen-bond acceptors (Lipinski definition) is 1. The standard InChI is InChI=1S/C15H22O/c1-6-7-8-13(16)14-11(2)9-10-12(3)15(14,4)5/h7-10,12H,6H2,1-5H3/b8-7+. The van der Waals surface area contributed by atoms with E-state index in [9.17, 15) is 4.79 Å². The lowest BCUT2D eigenvalue weighted by molar-refractivity contribution is -0.112. The Morgan fingerprint density at radius 3 is 2.69 bits per heavy atom. The molecule has 0 fully saturated rings.